The summed E-state index contributed by atoms with van der Waals surface area (Å²) in [5.74, 6) is 1.42. The molecule has 1 aromatic heterocycles. The molecule has 1 aliphatic rings. The largest absolute Gasteiger partial charge is 0.338 e. The Morgan fingerprint density at radius 2 is 1.91 bits per heavy atom. The maximum Gasteiger partial charge on any atom is 0.253 e. The van der Waals surface area contributed by atoms with Gasteiger partial charge in [0.05, 0.1) is 6.54 Å². The van der Waals surface area contributed by atoms with E-state index in [0.29, 0.717) is 36.1 Å². The molecule has 0 bridgehead atoms. The molecule has 0 unspecified atom stereocenters. The van der Waals surface area contributed by atoms with E-state index in [9.17, 15) is 4.79 Å². The van der Waals surface area contributed by atoms with Crippen LogP contribution in [0.4, 0.5) is 0 Å². The number of nitrogens with zero attached hydrogens (tertiary/aromatic N) is 4. The van der Waals surface area contributed by atoms with Gasteiger partial charge in [-0.25, -0.2) is 0 Å². The van der Waals surface area contributed by atoms with Gasteiger partial charge in [0.1, 0.15) is 0 Å². The summed E-state index contributed by atoms with van der Waals surface area (Å²) in [7, 11) is 0. The molecule has 0 radical (unpaired) electrons. The molecular weight excluding hydrogens is 316 g/mol. The van der Waals surface area contributed by atoms with Crippen molar-refractivity contribution in [2.75, 3.05) is 26.2 Å². The number of carbonyl (C=O) groups is 1. The lowest BCUT2D eigenvalue weighted by atomic mass is 10.2. The molecule has 0 saturated carbocycles. The van der Waals surface area contributed by atoms with Gasteiger partial charge in [0, 0.05) is 43.2 Å². The number of rotatable bonds is 4. The second-order valence-electron chi connectivity index (χ2n) is 5.53. The summed E-state index contributed by atoms with van der Waals surface area (Å²) < 4.78 is 5.22. The molecule has 1 amide bonds. The first-order chi connectivity index (χ1) is 11.2. The van der Waals surface area contributed by atoms with Crippen LogP contribution in [0.5, 0.6) is 0 Å². The molecule has 0 spiro atoms. The maximum atomic E-state index is 12.4. The van der Waals surface area contributed by atoms with E-state index >= 15 is 0 Å². The number of carbonyl (C=O) groups excluding carboxylic acids is 1. The summed E-state index contributed by atoms with van der Waals surface area (Å²) in [6.07, 6.45) is 0.771. The fourth-order valence-electron chi connectivity index (χ4n) is 2.57. The summed E-state index contributed by atoms with van der Waals surface area (Å²) in [5, 5.41) is 4.54. The Bertz CT molecular complexity index is 663. The highest BCUT2D eigenvalue weighted by atomic mass is 35.5. The number of aromatic nitrogens is 2. The molecule has 23 heavy (non-hydrogen) atoms. The molecule has 2 heterocycles. The fraction of sp³-hybridized carbons (Fsp3) is 0.438. The summed E-state index contributed by atoms with van der Waals surface area (Å²) >= 11 is 5.86. The molecule has 1 fully saturated rings. The van der Waals surface area contributed by atoms with E-state index in [1.54, 1.807) is 24.3 Å². The van der Waals surface area contributed by atoms with Crippen molar-refractivity contribution in [2.45, 2.75) is 19.9 Å². The van der Waals surface area contributed by atoms with Crippen LogP contribution in [0.15, 0.2) is 28.8 Å². The molecule has 3 rings (SSSR count). The zero-order valence-corrected chi connectivity index (χ0v) is 13.8. The van der Waals surface area contributed by atoms with Crippen molar-refractivity contribution >= 4 is 17.5 Å². The van der Waals surface area contributed by atoms with Gasteiger partial charge in [0.2, 0.25) is 5.89 Å². The summed E-state index contributed by atoms with van der Waals surface area (Å²) in [4.78, 5) is 20.8. The van der Waals surface area contributed by atoms with Crippen molar-refractivity contribution in [2.24, 2.45) is 0 Å². The molecule has 1 aromatic carbocycles. The van der Waals surface area contributed by atoms with Gasteiger partial charge in [-0.1, -0.05) is 23.7 Å². The molecular formula is C16H19ClN4O2. The Morgan fingerprint density at radius 3 is 2.52 bits per heavy atom. The van der Waals surface area contributed by atoms with Crippen molar-refractivity contribution in [1.82, 2.24) is 19.9 Å². The van der Waals surface area contributed by atoms with Gasteiger partial charge in [-0.15, -0.1) is 0 Å². The van der Waals surface area contributed by atoms with Crippen molar-refractivity contribution in [1.29, 1.82) is 0 Å². The van der Waals surface area contributed by atoms with Gasteiger partial charge < -0.3 is 9.42 Å². The van der Waals surface area contributed by atoms with E-state index in [-0.39, 0.29) is 5.91 Å². The predicted molar refractivity (Wildman–Crippen MR) is 86.3 cm³/mol. The minimum atomic E-state index is 0.0485. The normalized spacial score (nSPS) is 15.8. The van der Waals surface area contributed by atoms with Gasteiger partial charge >= 0.3 is 0 Å². The number of hydrogen-bond acceptors (Lipinski definition) is 5. The zero-order valence-electron chi connectivity index (χ0n) is 13.0. The number of halogens is 1. The quantitative estimate of drug-likeness (QED) is 0.858. The van der Waals surface area contributed by atoms with Gasteiger partial charge in [0.15, 0.2) is 5.82 Å². The highest BCUT2D eigenvalue weighted by molar-refractivity contribution is 6.30. The molecule has 0 N–H and O–H groups in total. The van der Waals surface area contributed by atoms with Crippen LogP contribution in [0.25, 0.3) is 0 Å². The van der Waals surface area contributed by atoms with Crippen LogP contribution in [-0.2, 0) is 13.0 Å². The number of aryl methyl sites for hydroxylation is 1. The van der Waals surface area contributed by atoms with Crippen LogP contribution < -0.4 is 0 Å². The van der Waals surface area contributed by atoms with Crippen LogP contribution in [0.1, 0.15) is 29.0 Å². The number of amides is 1. The summed E-state index contributed by atoms with van der Waals surface area (Å²) in [6.45, 7) is 5.60. The molecule has 2 aromatic rings. The number of benzene rings is 1. The van der Waals surface area contributed by atoms with Crippen LogP contribution >= 0.6 is 11.6 Å². The SMILES string of the molecule is CCc1noc(CN2CCN(C(=O)c3ccc(Cl)cc3)CC2)n1. The first-order valence-corrected chi connectivity index (χ1v) is 8.12. The molecule has 7 heteroatoms. The lowest BCUT2D eigenvalue weighted by Crippen LogP contribution is -2.48. The van der Waals surface area contributed by atoms with Crippen molar-refractivity contribution in [3.05, 3.63) is 46.6 Å². The smallest absolute Gasteiger partial charge is 0.253 e. The molecule has 122 valence electrons. The fourth-order valence-corrected chi connectivity index (χ4v) is 2.70. The third kappa shape index (κ3) is 3.89. The molecule has 0 aliphatic carbocycles. The minimum Gasteiger partial charge on any atom is -0.338 e. The van der Waals surface area contributed by atoms with Crippen molar-refractivity contribution in [3.63, 3.8) is 0 Å². The Morgan fingerprint density at radius 1 is 1.22 bits per heavy atom. The Labute approximate surface area is 140 Å². The molecule has 1 saturated heterocycles. The van der Waals surface area contributed by atoms with Crippen LogP contribution in [0.2, 0.25) is 5.02 Å². The van der Waals surface area contributed by atoms with Crippen LogP contribution in [0.3, 0.4) is 0 Å². The van der Waals surface area contributed by atoms with Gasteiger partial charge in [-0.05, 0) is 24.3 Å². The zero-order chi connectivity index (χ0) is 16.2. The highest BCUT2D eigenvalue weighted by Gasteiger charge is 2.23. The topological polar surface area (TPSA) is 62.5 Å². The van der Waals surface area contributed by atoms with Crippen molar-refractivity contribution < 1.29 is 9.32 Å². The number of hydrogen-bond donors (Lipinski definition) is 0. The first kappa shape index (κ1) is 16.0. The summed E-state index contributed by atoms with van der Waals surface area (Å²) in [5.41, 5.74) is 0.673. The standard InChI is InChI=1S/C16H19ClN4O2/c1-2-14-18-15(23-19-14)11-20-7-9-21(10-8-20)16(22)12-3-5-13(17)6-4-12/h3-6H,2,7-11H2,1H3. The first-order valence-electron chi connectivity index (χ1n) is 7.74. The minimum absolute atomic E-state index is 0.0485. The predicted octanol–water partition coefficient (Wildman–Crippen LogP) is 2.24. The second kappa shape index (κ2) is 7.10. The second-order valence-corrected chi connectivity index (χ2v) is 5.97. The number of piperazine rings is 1. The molecule has 1 aliphatic heterocycles. The van der Waals surface area contributed by atoms with Gasteiger partial charge in [-0.2, -0.15) is 4.98 Å². The third-order valence-corrected chi connectivity index (χ3v) is 4.19. The average molecular weight is 335 g/mol. The third-order valence-electron chi connectivity index (χ3n) is 3.94. The molecule has 0 atom stereocenters. The van der Waals surface area contributed by atoms with Crippen molar-refractivity contribution in [3.8, 4) is 0 Å². The average Bonchev–Trinajstić information content (AvgIpc) is 3.03. The van der Waals surface area contributed by atoms with E-state index in [4.69, 9.17) is 16.1 Å². The lowest BCUT2D eigenvalue weighted by Gasteiger charge is -2.34. The highest BCUT2D eigenvalue weighted by Crippen LogP contribution is 2.14. The lowest BCUT2D eigenvalue weighted by molar-refractivity contribution is 0.0615. The van der Waals surface area contributed by atoms with Crippen LogP contribution in [-0.4, -0.2) is 52.0 Å². The monoisotopic (exact) mass is 334 g/mol. The Hall–Kier alpha value is -1.92. The van der Waals surface area contributed by atoms with Gasteiger partial charge in [0.25, 0.3) is 5.91 Å². The summed E-state index contributed by atoms with van der Waals surface area (Å²) in [6, 6.07) is 7.02. The van der Waals surface area contributed by atoms with E-state index in [1.807, 2.05) is 11.8 Å². The van der Waals surface area contributed by atoms with Crippen LogP contribution in [0, 0.1) is 0 Å². The van der Waals surface area contributed by atoms with Gasteiger partial charge in [-0.3, -0.25) is 9.69 Å². The molecule has 6 nitrogen and oxygen atoms in total. The Balaban J connectivity index is 1.53. The van der Waals surface area contributed by atoms with E-state index in [1.165, 1.54) is 0 Å². The van der Waals surface area contributed by atoms with E-state index < -0.39 is 0 Å². The van der Waals surface area contributed by atoms with E-state index in [0.717, 1.165) is 25.3 Å². The maximum absolute atomic E-state index is 12.4. The Kier molecular flexibility index (Phi) is 4.93. The van der Waals surface area contributed by atoms with E-state index in [2.05, 4.69) is 15.0 Å².